The highest BCUT2D eigenvalue weighted by molar-refractivity contribution is 9.10. The highest BCUT2D eigenvalue weighted by Crippen LogP contribution is 2.17. The molecule has 0 unspecified atom stereocenters. The largest absolute Gasteiger partial charge is 0.316 e. The van der Waals surface area contributed by atoms with Crippen LogP contribution in [0.25, 0.3) is 11.3 Å². The summed E-state index contributed by atoms with van der Waals surface area (Å²) in [5.41, 5.74) is 1.98. The van der Waals surface area contributed by atoms with E-state index in [0.29, 0.717) is 11.3 Å². The Morgan fingerprint density at radius 1 is 1.19 bits per heavy atom. The van der Waals surface area contributed by atoms with Gasteiger partial charge in [0, 0.05) is 19.4 Å². The maximum absolute atomic E-state index is 12.9. The maximum Gasteiger partial charge on any atom is 0.295 e. The minimum Gasteiger partial charge on any atom is -0.316 e. The van der Waals surface area contributed by atoms with Crippen LogP contribution in [0.3, 0.4) is 0 Å². The van der Waals surface area contributed by atoms with E-state index in [4.69, 9.17) is 0 Å². The number of carbonyl (C=O) groups is 1. The van der Waals surface area contributed by atoms with Crippen molar-refractivity contribution in [1.29, 1.82) is 0 Å². The van der Waals surface area contributed by atoms with Gasteiger partial charge in [-0.15, -0.1) is 0 Å². The molecule has 3 heterocycles. The molecular formula is C18H15BrN6O2. The first kappa shape index (κ1) is 17.2. The van der Waals surface area contributed by atoms with Crippen LogP contribution in [-0.2, 0) is 7.05 Å². The molecule has 1 aromatic carbocycles. The number of anilines is 1. The molecule has 0 bridgehead atoms. The molecule has 27 heavy (non-hydrogen) atoms. The van der Waals surface area contributed by atoms with Crippen LogP contribution < -0.4 is 10.9 Å². The summed E-state index contributed by atoms with van der Waals surface area (Å²) in [6, 6.07) is 9.25. The number of hydrogen-bond donors (Lipinski definition) is 1. The zero-order valence-electron chi connectivity index (χ0n) is 14.5. The molecule has 1 amide bonds. The Hall–Kier alpha value is -3.20. The summed E-state index contributed by atoms with van der Waals surface area (Å²) in [7, 11) is 1.77. The van der Waals surface area contributed by atoms with Crippen LogP contribution in [0.2, 0.25) is 0 Å². The number of aromatic nitrogens is 5. The van der Waals surface area contributed by atoms with Gasteiger partial charge in [-0.1, -0.05) is 18.2 Å². The van der Waals surface area contributed by atoms with Gasteiger partial charge in [0.2, 0.25) is 0 Å². The van der Waals surface area contributed by atoms with Crippen LogP contribution in [0.4, 0.5) is 5.69 Å². The molecule has 0 atom stereocenters. The van der Waals surface area contributed by atoms with Crippen LogP contribution in [0.5, 0.6) is 0 Å². The van der Waals surface area contributed by atoms with Gasteiger partial charge in [-0.3, -0.25) is 14.3 Å². The Balaban J connectivity index is 1.74. The van der Waals surface area contributed by atoms with Crippen molar-refractivity contribution in [3.05, 3.63) is 75.0 Å². The van der Waals surface area contributed by atoms with Crippen molar-refractivity contribution in [2.45, 2.75) is 6.92 Å². The Bertz CT molecular complexity index is 1220. The summed E-state index contributed by atoms with van der Waals surface area (Å²) in [5.74, 6) is -0.439. The van der Waals surface area contributed by atoms with E-state index in [-0.39, 0.29) is 16.8 Å². The molecule has 136 valence electrons. The molecule has 0 spiro atoms. The zero-order valence-corrected chi connectivity index (χ0v) is 16.1. The molecule has 3 aromatic heterocycles. The van der Waals surface area contributed by atoms with E-state index in [1.165, 1.54) is 15.4 Å². The Morgan fingerprint density at radius 3 is 2.67 bits per heavy atom. The molecule has 0 aliphatic heterocycles. The molecule has 8 nitrogen and oxygen atoms in total. The number of rotatable bonds is 3. The summed E-state index contributed by atoms with van der Waals surface area (Å²) >= 11 is 3.31. The van der Waals surface area contributed by atoms with Crippen molar-refractivity contribution in [1.82, 2.24) is 24.0 Å². The van der Waals surface area contributed by atoms with Gasteiger partial charge in [0.1, 0.15) is 11.3 Å². The average molecular weight is 427 g/mol. The zero-order chi connectivity index (χ0) is 19.1. The van der Waals surface area contributed by atoms with Crippen LogP contribution in [0.1, 0.15) is 16.1 Å². The summed E-state index contributed by atoms with van der Waals surface area (Å²) < 4.78 is 5.46. The third-order valence-corrected chi connectivity index (χ3v) is 4.77. The second kappa shape index (κ2) is 6.51. The second-order valence-corrected chi connectivity index (χ2v) is 6.90. The topological polar surface area (TPSA) is 86.2 Å². The molecule has 1 N–H and O–H groups in total. The SMILES string of the molecule is Cc1c(NC(=O)c2cnn3cc(Br)cnc23)c(=O)n(-c2ccccc2)n1C. The molecule has 0 aliphatic rings. The molecule has 0 saturated heterocycles. The highest BCUT2D eigenvalue weighted by atomic mass is 79.9. The van der Waals surface area contributed by atoms with Gasteiger partial charge in [0.15, 0.2) is 5.65 Å². The van der Waals surface area contributed by atoms with Gasteiger partial charge in [0.05, 0.1) is 22.1 Å². The van der Waals surface area contributed by atoms with E-state index < -0.39 is 5.91 Å². The first-order valence-corrected chi connectivity index (χ1v) is 8.91. The lowest BCUT2D eigenvalue weighted by atomic mass is 10.3. The third-order valence-electron chi connectivity index (χ3n) is 4.36. The normalized spacial score (nSPS) is 11.1. The van der Waals surface area contributed by atoms with Crippen LogP contribution in [0, 0.1) is 6.92 Å². The van der Waals surface area contributed by atoms with Crippen LogP contribution >= 0.6 is 15.9 Å². The number of hydrogen-bond acceptors (Lipinski definition) is 4. The fraction of sp³-hybridized carbons (Fsp3) is 0.111. The number of para-hydroxylation sites is 1. The van der Waals surface area contributed by atoms with E-state index in [0.717, 1.165) is 10.2 Å². The molecule has 4 rings (SSSR count). The number of carbonyl (C=O) groups excluding carboxylic acids is 1. The van der Waals surface area contributed by atoms with Gasteiger partial charge >= 0.3 is 0 Å². The first-order valence-electron chi connectivity index (χ1n) is 8.11. The van der Waals surface area contributed by atoms with Crippen LogP contribution in [0.15, 0.2) is 58.2 Å². The van der Waals surface area contributed by atoms with Crippen molar-refractivity contribution < 1.29 is 4.79 Å². The Labute approximate surface area is 162 Å². The average Bonchev–Trinajstić information content (AvgIpc) is 3.17. The van der Waals surface area contributed by atoms with Gasteiger partial charge < -0.3 is 5.32 Å². The summed E-state index contributed by atoms with van der Waals surface area (Å²) in [6.45, 7) is 1.78. The summed E-state index contributed by atoms with van der Waals surface area (Å²) in [5, 5.41) is 6.85. The number of benzene rings is 1. The third kappa shape index (κ3) is 2.85. The fourth-order valence-corrected chi connectivity index (χ4v) is 3.20. The van der Waals surface area contributed by atoms with Gasteiger partial charge in [-0.25, -0.2) is 14.2 Å². The number of fused-ring (bicyclic) bond motifs is 1. The summed E-state index contributed by atoms with van der Waals surface area (Å²) in [6.07, 6.45) is 4.72. The second-order valence-electron chi connectivity index (χ2n) is 5.99. The quantitative estimate of drug-likeness (QED) is 0.545. The molecule has 0 radical (unpaired) electrons. The standard InChI is InChI=1S/C18H15BrN6O2/c1-11-15(18(27)25(23(11)2)13-6-4-3-5-7-13)22-17(26)14-9-21-24-10-12(19)8-20-16(14)24/h3-10H,1-2H3,(H,22,26). The molecule has 4 aromatic rings. The number of halogens is 1. The minimum absolute atomic E-state index is 0.225. The number of amides is 1. The Morgan fingerprint density at radius 2 is 1.93 bits per heavy atom. The predicted octanol–water partition coefficient (Wildman–Crippen LogP) is 2.54. The summed E-state index contributed by atoms with van der Waals surface area (Å²) in [4.78, 5) is 29.9. The van der Waals surface area contributed by atoms with E-state index in [9.17, 15) is 9.59 Å². The first-order chi connectivity index (χ1) is 13.0. The van der Waals surface area contributed by atoms with Crippen molar-refractivity contribution >= 4 is 33.2 Å². The smallest absolute Gasteiger partial charge is 0.295 e. The van der Waals surface area contributed by atoms with E-state index in [1.807, 2.05) is 30.3 Å². The van der Waals surface area contributed by atoms with Gasteiger partial charge in [-0.2, -0.15) is 5.10 Å². The van der Waals surface area contributed by atoms with Crippen molar-refractivity contribution in [2.24, 2.45) is 7.05 Å². The maximum atomic E-state index is 12.9. The molecular weight excluding hydrogens is 412 g/mol. The number of nitrogens with one attached hydrogen (secondary N) is 1. The predicted molar refractivity (Wildman–Crippen MR) is 104 cm³/mol. The molecule has 9 heteroatoms. The lowest BCUT2D eigenvalue weighted by molar-refractivity contribution is 0.102. The molecule has 0 aliphatic carbocycles. The molecule has 0 saturated carbocycles. The van der Waals surface area contributed by atoms with Gasteiger partial charge in [-0.05, 0) is 35.0 Å². The van der Waals surface area contributed by atoms with Gasteiger partial charge in [0.25, 0.3) is 11.5 Å². The van der Waals surface area contributed by atoms with Crippen molar-refractivity contribution in [3.8, 4) is 5.69 Å². The minimum atomic E-state index is -0.439. The highest BCUT2D eigenvalue weighted by Gasteiger charge is 2.21. The lowest BCUT2D eigenvalue weighted by Crippen LogP contribution is -2.23. The van der Waals surface area contributed by atoms with Crippen molar-refractivity contribution in [3.63, 3.8) is 0 Å². The molecule has 0 fully saturated rings. The Kier molecular flexibility index (Phi) is 4.15. The fourth-order valence-electron chi connectivity index (χ4n) is 2.91. The van der Waals surface area contributed by atoms with E-state index in [2.05, 4.69) is 31.3 Å². The number of nitrogens with zero attached hydrogens (tertiary/aromatic N) is 5. The van der Waals surface area contributed by atoms with E-state index >= 15 is 0 Å². The van der Waals surface area contributed by atoms with E-state index in [1.54, 1.807) is 31.0 Å². The monoisotopic (exact) mass is 426 g/mol. The lowest BCUT2D eigenvalue weighted by Gasteiger charge is -2.07. The van der Waals surface area contributed by atoms with Crippen molar-refractivity contribution in [2.75, 3.05) is 5.32 Å². The van der Waals surface area contributed by atoms with Crippen LogP contribution in [-0.4, -0.2) is 29.9 Å².